The molecule has 1 rings (SSSR count). The molecule has 0 aromatic heterocycles. The summed E-state index contributed by atoms with van der Waals surface area (Å²) in [7, 11) is 5.69. The Hall–Kier alpha value is -2.70. The lowest BCUT2D eigenvalue weighted by Crippen LogP contribution is -2.25. The third-order valence-corrected chi connectivity index (χ3v) is 2.71. The molecular formula is C15H19NO6. The first kappa shape index (κ1) is 17.4. The van der Waals surface area contributed by atoms with Crippen LogP contribution in [0, 0.1) is 0 Å². The van der Waals surface area contributed by atoms with Crippen LogP contribution in [0.25, 0.3) is 6.08 Å². The van der Waals surface area contributed by atoms with Gasteiger partial charge in [0.05, 0.1) is 28.4 Å². The van der Waals surface area contributed by atoms with Gasteiger partial charge in [0, 0.05) is 6.92 Å². The summed E-state index contributed by atoms with van der Waals surface area (Å²) >= 11 is 0. The van der Waals surface area contributed by atoms with Crippen LogP contribution in [0.15, 0.2) is 17.8 Å². The second-order valence-corrected chi connectivity index (χ2v) is 4.19. The molecule has 0 unspecified atom stereocenters. The van der Waals surface area contributed by atoms with E-state index in [0.29, 0.717) is 22.8 Å². The summed E-state index contributed by atoms with van der Waals surface area (Å²) in [6.45, 7) is 1.30. The fourth-order valence-electron chi connectivity index (χ4n) is 1.80. The number of hydrogen-bond acceptors (Lipinski definition) is 6. The van der Waals surface area contributed by atoms with Gasteiger partial charge in [-0.2, -0.15) is 0 Å². The van der Waals surface area contributed by atoms with E-state index >= 15 is 0 Å². The van der Waals surface area contributed by atoms with Crippen molar-refractivity contribution in [3.63, 3.8) is 0 Å². The molecule has 0 fully saturated rings. The Morgan fingerprint density at radius 3 is 1.91 bits per heavy atom. The second-order valence-electron chi connectivity index (χ2n) is 4.19. The highest BCUT2D eigenvalue weighted by Gasteiger charge is 2.15. The van der Waals surface area contributed by atoms with Gasteiger partial charge in [-0.25, -0.2) is 4.79 Å². The van der Waals surface area contributed by atoms with Crippen LogP contribution >= 0.6 is 0 Å². The topological polar surface area (TPSA) is 83.1 Å². The van der Waals surface area contributed by atoms with E-state index in [2.05, 4.69) is 10.1 Å². The van der Waals surface area contributed by atoms with Crippen LogP contribution in [0.1, 0.15) is 12.5 Å². The number of carbonyl (C=O) groups is 2. The van der Waals surface area contributed by atoms with Crippen molar-refractivity contribution in [2.75, 3.05) is 28.4 Å². The average molecular weight is 309 g/mol. The molecule has 0 spiro atoms. The van der Waals surface area contributed by atoms with Crippen molar-refractivity contribution in [2.24, 2.45) is 0 Å². The van der Waals surface area contributed by atoms with Crippen molar-refractivity contribution in [1.29, 1.82) is 0 Å². The summed E-state index contributed by atoms with van der Waals surface area (Å²) < 4.78 is 20.3. The Labute approximate surface area is 128 Å². The average Bonchev–Trinajstić information content (AvgIpc) is 2.51. The van der Waals surface area contributed by atoms with Crippen molar-refractivity contribution in [3.05, 3.63) is 23.4 Å². The number of methoxy groups -OCH3 is 4. The molecule has 22 heavy (non-hydrogen) atoms. The highest BCUT2D eigenvalue weighted by Crippen LogP contribution is 2.38. The Balaban J connectivity index is 3.36. The van der Waals surface area contributed by atoms with Gasteiger partial charge in [0.15, 0.2) is 11.5 Å². The molecular weight excluding hydrogens is 290 g/mol. The lowest BCUT2D eigenvalue weighted by molar-refractivity contribution is -0.137. The molecule has 1 amide bonds. The van der Waals surface area contributed by atoms with Crippen LogP contribution in [0.3, 0.4) is 0 Å². The maximum absolute atomic E-state index is 11.7. The van der Waals surface area contributed by atoms with Crippen LogP contribution in [0.5, 0.6) is 17.2 Å². The predicted octanol–water partition coefficient (Wildman–Crippen LogP) is 1.36. The molecule has 0 saturated carbocycles. The summed E-state index contributed by atoms with van der Waals surface area (Å²) in [6.07, 6.45) is 1.46. The number of carbonyl (C=O) groups excluding carboxylic acids is 2. The molecule has 7 heteroatoms. The van der Waals surface area contributed by atoms with Gasteiger partial charge in [-0.3, -0.25) is 4.79 Å². The SMILES string of the molecule is COC(=O)/C(=C\c1cc(OC)c(OC)c(OC)c1)NC(C)=O. The van der Waals surface area contributed by atoms with E-state index < -0.39 is 5.97 Å². The summed E-state index contributed by atoms with van der Waals surface area (Å²) in [6, 6.07) is 3.29. The van der Waals surface area contributed by atoms with Gasteiger partial charge in [-0.15, -0.1) is 0 Å². The summed E-state index contributed by atoms with van der Waals surface area (Å²) in [5, 5.41) is 2.42. The number of esters is 1. The van der Waals surface area contributed by atoms with Gasteiger partial charge in [-0.05, 0) is 23.8 Å². The quantitative estimate of drug-likeness (QED) is 0.631. The Bertz CT molecular complexity index is 569. The van der Waals surface area contributed by atoms with E-state index in [-0.39, 0.29) is 11.6 Å². The summed E-state index contributed by atoms with van der Waals surface area (Å²) in [4.78, 5) is 22.9. The maximum Gasteiger partial charge on any atom is 0.354 e. The fraction of sp³-hybridized carbons (Fsp3) is 0.333. The van der Waals surface area contributed by atoms with Crippen LogP contribution in [-0.2, 0) is 14.3 Å². The second kappa shape index (κ2) is 7.92. The number of amides is 1. The molecule has 1 aromatic rings. The zero-order valence-corrected chi connectivity index (χ0v) is 13.2. The first-order chi connectivity index (χ1) is 10.5. The highest BCUT2D eigenvalue weighted by molar-refractivity contribution is 5.97. The molecule has 1 aromatic carbocycles. The Kier molecular flexibility index (Phi) is 6.25. The van der Waals surface area contributed by atoms with Gasteiger partial charge in [0.1, 0.15) is 5.70 Å². The van der Waals surface area contributed by atoms with Gasteiger partial charge in [-0.1, -0.05) is 0 Å². The van der Waals surface area contributed by atoms with Crippen LogP contribution in [0.4, 0.5) is 0 Å². The van der Waals surface area contributed by atoms with Gasteiger partial charge >= 0.3 is 5.97 Å². The van der Waals surface area contributed by atoms with E-state index in [9.17, 15) is 9.59 Å². The van der Waals surface area contributed by atoms with E-state index in [4.69, 9.17) is 14.2 Å². The monoisotopic (exact) mass is 309 g/mol. The molecule has 0 aliphatic heterocycles. The summed E-state index contributed by atoms with van der Waals surface area (Å²) in [5.41, 5.74) is 0.577. The fourth-order valence-corrected chi connectivity index (χ4v) is 1.80. The molecule has 0 atom stereocenters. The Morgan fingerprint density at radius 1 is 1.00 bits per heavy atom. The van der Waals surface area contributed by atoms with Crippen molar-refractivity contribution >= 4 is 18.0 Å². The molecule has 0 radical (unpaired) electrons. The molecule has 0 aliphatic carbocycles. The predicted molar refractivity (Wildman–Crippen MR) is 79.9 cm³/mol. The van der Waals surface area contributed by atoms with Crippen LogP contribution in [0.2, 0.25) is 0 Å². The smallest absolute Gasteiger partial charge is 0.354 e. The third-order valence-electron chi connectivity index (χ3n) is 2.71. The number of rotatable bonds is 6. The van der Waals surface area contributed by atoms with E-state index in [1.54, 1.807) is 12.1 Å². The molecule has 0 bridgehead atoms. The molecule has 120 valence electrons. The minimum atomic E-state index is -0.663. The first-order valence-electron chi connectivity index (χ1n) is 6.34. The lowest BCUT2D eigenvalue weighted by Gasteiger charge is -2.13. The number of hydrogen-bond donors (Lipinski definition) is 1. The molecule has 0 saturated heterocycles. The zero-order valence-electron chi connectivity index (χ0n) is 13.2. The van der Waals surface area contributed by atoms with Gasteiger partial charge < -0.3 is 24.3 Å². The van der Waals surface area contributed by atoms with Crippen molar-refractivity contribution in [1.82, 2.24) is 5.32 Å². The minimum Gasteiger partial charge on any atom is -0.493 e. The van der Waals surface area contributed by atoms with E-state index in [1.807, 2.05) is 0 Å². The largest absolute Gasteiger partial charge is 0.493 e. The zero-order chi connectivity index (χ0) is 16.7. The van der Waals surface area contributed by atoms with Gasteiger partial charge in [0.25, 0.3) is 0 Å². The normalized spacial score (nSPS) is 10.7. The minimum absolute atomic E-state index is 0.00396. The van der Waals surface area contributed by atoms with Crippen LogP contribution < -0.4 is 19.5 Å². The first-order valence-corrected chi connectivity index (χ1v) is 6.34. The van der Waals surface area contributed by atoms with E-state index in [0.717, 1.165) is 0 Å². The van der Waals surface area contributed by atoms with Crippen molar-refractivity contribution in [3.8, 4) is 17.2 Å². The van der Waals surface area contributed by atoms with Crippen LogP contribution in [-0.4, -0.2) is 40.3 Å². The molecule has 7 nitrogen and oxygen atoms in total. The molecule has 0 aliphatic rings. The standard InChI is InChI=1S/C15H19NO6/c1-9(17)16-11(15(18)22-5)6-10-7-12(19-2)14(21-4)13(8-10)20-3/h6-8H,1-5H3,(H,16,17)/b11-6+. The lowest BCUT2D eigenvalue weighted by atomic mass is 10.1. The third kappa shape index (κ3) is 4.15. The highest BCUT2D eigenvalue weighted by atomic mass is 16.5. The Morgan fingerprint density at radius 2 is 1.55 bits per heavy atom. The number of ether oxygens (including phenoxy) is 4. The maximum atomic E-state index is 11.7. The summed E-state index contributed by atoms with van der Waals surface area (Å²) in [5.74, 6) is 0.245. The van der Waals surface area contributed by atoms with Crippen molar-refractivity contribution in [2.45, 2.75) is 6.92 Å². The molecule has 0 heterocycles. The van der Waals surface area contributed by atoms with Gasteiger partial charge in [0.2, 0.25) is 11.7 Å². The van der Waals surface area contributed by atoms with Crippen molar-refractivity contribution < 1.29 is 28.5 Å². The number of benzene rings is 1. The number of nitrogens with one attached hydrogen (secondary N) is 1. The van der Waals surface area contributed by atoms with E-state index in [1.165, 1.54) is 41.4 Å². The molecule has 1 N–H and O–H groups in total.